The summed E-state index contributed by atoms with van der Waals surface area (Å²) in [5.41, 5.74) is 0. The molecule has 0 aromatic rings. The molecular weight excluding hydrogens is 159 g/mol. The Labute approximate surface area is 73.1 Å². The second-order valence-corrected chi connectivity index (χ2v) is 2.80. The number of halogens is 1. The van der Waals surface area contributed by atoms with Gasteiger partial charge < -0.3 is 4.74 Å². The molecule has 2 nitrogen and oxygen atoms in total. The molecule has 0 rings (SSSR count). The Morgan fingerprint density at radius 2 is 2.00 bits per heavy atom. The third-order valence-electron chi connectivity index (χ3n) is 1.93. The van der Waals surface area contributed by atoms with E-state index in [1.165, 1.54) is 0 Å². The zero-order valence-corrected chi connectivity index (χ0v) is 7.81. The maximum atomic E-state index is 11.6. The van der Waals surface area contributed by atoms with Crippen molar-refractivity contribution in [3.63, 3.8) is 0 Å². The molecule has 0 saturated carbocycles. The summed E-state index contributed by atoms with van der Waals surface area (Å²) in [6.07, 6.45) is 1.89. The van der Waals surface area contributed by atoms with Crippen LogP contribution in [0.2, 0.25) is 0 Å². The van der Waals surface area contributed by atoms with Gasteiger partial charge in [0, 0.05) is 0 Å². The summed E-state index contributed by atoms with van der Waals surface area (Å²) >= 11 is 0. The number of carbonyl (C=O) groups is 1. The van der Waals surface area contributed by atoms with Gasteiger partial charge in [-0.1, -0.05) is 26.7 Å². The first kappa shape index (κ1) is 11.4. The Balaban J connectivity index is 3.44. The molecule has 0 N–H and O–H groups in total. The van der Waals surface area contributed by atoms with E-state index in [2.05, 4.69) is 13.8 Å². The van der Waals surface area contributed by atoms with Crippen LogP contribution in [0.1, 0.15) is 33.1 Å². The van der Waals surface area contributed by atoms with Gasteiger partial charge in [0.1, 0.15) is 0 Å². The minimum Gasteiger partial charge on any atom is -0.465 e. The van der Waals surface area contributed by atoms with Gasteiger partial charge in [0.25, 0.3) is 0 Å². The lowest BCUT2D eigenvalue weighted by Crippen LogP contribution is -2.13. The summed E-state index contributed by atoms with van der Waals surface area (Å²) in [5.74, 6) is -0.00189. The highest BCUT2D eigenvalue weighted by Gasteiger charge is 2.07. The Kier molecular flexibility index (Phi) is 6.72. The van der Waals surface area contributed by atoms with Crippen LogP contribution in [0.3, 0.4) is 0 Å². The van der Waals surface area contributed by atoms with E-state index < -0.39 is 12.6 Å². The van der Waals surface area contributed by atoms with Gasteiger partial charge >= 0.3 is 5.97 Å². The maximum Gasteiger partial charge on any atom is 0.308 e. The van der Waals surface area contributed by atoms with E-state index in [1.807, 2.05) is 0 Å². The van der Waals surface area contributed by atoms with Crippen molar-refractivity contribution in [1.29, 1.82) is 0 Å². The van der Waals surface area contributed by atoms with Crippen LogP contribution < -0.4 is 0 Å². The van der Waals surface area contributed by atoms with Gasteiger partial charge in [-0.05, 0) is 5.92 Å². The molecule has 0 aromatic carbocycles. The van der Waals surface area contributed by atoms with E-state index in [4.69, 9.17) is 4.74 Å². The minimum absolute atomic E-state index is 0.111. The Morgan fingerprint density at radius 3 is 2.42 bits per heavy atom. The molecule has 12 heavy (non-hydrogen) atoms. The Bertz CT molecular complexity index is 122. The standard InChI is InChI=1S/C9H17FO2/c1-3-8(4-2)7-12-9(11)5-6-10/h8H,3-7H2,1-2H3. The second kappa shape index (κ2) is 7.07. The lowest BCUT2D eigenvalue weighted by molar-refractivity contribution is -0.145. The molecular formula is C9H17FO2. The van der Waals surface area contributed by atoms with Crippen molar-refractivity contribution in [2.75, 3.05) is 13.3 Å². The Hall–Kier alpha value is -0.600. The van der Waals surface area contributed by atoms with Crippen molar-refractivity contribution in [2.45, 2.75) is 33.1 Å². The Morgan fingerprint density at radius 1 is 1.42 bits per heavy atom. The van der Waals surface area contributed by atoms with Gasteiger partial charge in [0.15, 0.2) is 0 Å². The molecule has 0 aliphatic rings. The molecule has 0 heterocycles. The van der Waals surface area contributed by atoms with Crippen LogP contribution in [-0.2, 0) is 9.53 Å². The monoisotopic (exact) mass is 176 g/mol. The van der Waals surface area contributed by atoms with Gasteiger partial charge in [-0.3, -0.25) is 9.18 Å². The summed E-state index contributed by atoms with van der Waals surface area (Å²) in [6.45, 7) is 3.92. The molecule has 0 bridgehead atoms. The van der Waals surface area contributed by atoms with E-state index in [0.717, 1.165) is 12.8 Å². The van der Waals surface area contributed by atoms with E-state index in [1.54, 1.807) is 0 Å². The first-order valence-electron chi connectivity index (χ1n) is 4.46. The van der Waals surface area contributed by atoms with Crippen LogP contribution in [0.15, 0.2) is 0 Å². The summed E-state index contributed by atoms with van der Waals surface area (Å²) in [5, 5.41) is 0. The number of hydrogen-bond donors (Lipinski definition) is 0. The normalized spacial score (nSPS) is 10.3. The summed E-state index contributed by atoms with van der Waals surface area (Å²) in [4.78, 5) is 10.7. The van der Waals surface area contributed by atoms with Crippen LogP contribution in [0.4, 0.5) is 4.39 Å². The quantitative estimate of drug-likeness (QED) is 0.580. The third kappa shape index (κ3) is 5.10. The third-order valence-corrected chi connectivity index (χ3v) is 1.93. The number of rotatable bonds is 6. The molecule has 72 valence electrons. The van der Waals surface area contributed by atoms with Crippen molar-refractivity contribution in [1.82, 2.24) is 0 Å². The van der Waals surface area contributed by atoms with Gasteiger partial charge in [-0.25, -0.2) is 0 Å². The average molecular weight is 176 g/mol. The van der Waals surface area contributed by atoms with Crippen LogP contribution in [0.25, 0.3) is 0 Å². The van der Waals surface area contributed by atoms with Crippen molar-refractivity contribution in [3.8, 4) is 0 Å². The van der Waals surface area contributed by atoms with E-state index in [-0.39, 0.29) is 6.42 Å². The molecule has 0 spiro atoms. The van der Waals surface area contributed by atoms with Crippen LogP contribution >= 0.6 is 0 Å². The lowest BCUT2D eigenvalue weighted by atomic mass is 10.1. The molecule has 0 amide bonds. The first-order valence-corrected chi connectivity index (χ1v) is 4.46. The van der Waals surface area contributed by atoms with E-state index >= 15 is 0 Å². The van der Waals surface area contributed by atoms with Crippen LogP contribution in [0, 0.1) is 5.92 Å². The smallest absolute Gasteiger partial charge is 0.308 e. The number of carbonyl (C=O) groups excluding carboxylic acids is 1. The van der Waals surface area contributed by atoms with Gasteiger partial charge in [0.05, 0.1) is 19.7 Å². The average Bonchev–Trinajstić information content (AvgIpc) is 2.07. The molecule has 0 aromatic heterocycles. The summed E-state index contributed by atoms with van der Waals surface area (Å²) < 4.78 is 16.5. The van der Waals surface area contributed by atoms with Crippen LogP contribution in [-0.4, -0.2) is 19.3 Å². The fourth-order valence-electron chi connectivity index (χ4n) is 0.884. The zero-order valence-electron chi connectivity index (χ0n) is 7.81. The fraction of sp³-hybridized carbons (Fsp3) is 0.889. The second-order valence-electron chi connectivity index (χ2n) is 2.80. The van der Waals surface area contributed by atoms with Gasteiger partial charge in [-0.2, -0.15) is 0 Å². The highest BCUT2D eigenvalue weighted by molar-refractivity contribution is 5.69. The molecule has 0 aliphatic heterocycles. The highest BCUT2D eigenvalue weighted by atomic mass is 19.1. The summed E-state index contributed by atoms with van der Waals surface area (Å²) in [6, 6.07) is 0. The topological polar surface area (TPSA) is 26.3 Å². The molecule has 3 heteroatoms. The van der Waals surface area contributed by atoms with E-state index in [9.17, 15) is 9.18 Å². The predicted octanol–water partition coefficient (Wildman–Crippen LogP) is 2.33. The molecule has 0 unspecified atom stereocenters. The van der Waals surface area contributed by atoms with Crippen molar-refractivity contribution in [3.05, 3.63) is 0 Å². The van der Waals surface area contributed by atoms with Crippen LogP contribution in [0.5, 0.6) is 0 Å². The number of ether oxygens (including phenoxy) is 1. The van der Waals surface area contributed by atoms with E-state index in [0.29, 0.717) is 12.5 Å². The molecule has 0 aliphatic carbocycles. The minimum atomic E-state index is -0.623. The largest absolute Gasteiger partial charge is 0.465 e. The lowest BCUT2D eigenvalue weighted by Gasteiger charge is -2.11. The SMILES string of the molecule is CCC(CC)COC(=O)CCF. The van der Waals surface area contributed by atoms with Gasteiger partial charge in [-0.15, -0.1) is 0 Å². The number of hydrogen-bond acceptors (Lipinski definition) is 2. The molecule has 0 fully saturated rings. The molecule has 0 saturated heterocycles. The fourth-order valence-corrected chi connectivity index (χ4v) is 0.884. The predicted molar refractivity (Wildman–Crippen MR) is 45.6 cm³/mol. The summed E-state index contributed by atoms with van der Waals surface area (Å²) in [7, 11) is 0. The number of esters is 1. The first-order chi connectivity index (χ1) is 5.74. The van der Waals surface area contributed by atoms with Crippen molar-refractivity contribution < 1.29 is 13.9 Å². The maximum absolute atomic E-state index is 11.6. The zero-order chi connectivity index (χ0) is 9.40. The highest BCUT2D eigenvalue weighted by Crippen LogP contribution is 2.07. The number of alkyl halides is 1. The molecule has 0 atom stereocenters. The molecule has 0 radical (unpaired) electrons. The van der Waals surface area contributed by atoms with Crippen molar-refractivity contribution >= 4 is 5.97 Å². The van der Waals surface area contributed by atoms with Crippen molar-refractivity contribution in [2.24, 2.45) is 5.92 Å². The van der Waals surface area contributed by atoms with Gasteiger partial charge in [0.2, 0.25) is 0 Å².